The zero-order chi connectivity index (χ0) is 14.7. The van der Waals surface area contributed by atoms with E-state index in [1.165, 1.54) is 12.1 Å². The number of amides is 1. The van der Waals surface area contributed by atoms with E-state index in [1.54, 1.807) is 24.0 Å². The maximum absolute atomic E-state index is 13.1. The van der Waals surface area contributed by atoms with Crippen LogP contribution in [0.4, 0.5) is 4.39 Å². The fourth-order valence-corrected chi connectivity index (χ4v) is 2.58. The van der Waals surface area contributed by atoms with Crippen molar-refractivity contribution in [2.24, 2.45) is 11.8 Å². The van der Waals surface area contributed by atoms with Gasteiger partial charge in [-0.25, -0.2) is 4.39 Å². The predicted molar refractivity (Wildman–Crippen MR) is 71.6 cm³/mol. The van der Waals surface area contributed by atoms with Gasteiger partial charge < -0.3 is 10.0 Å². The number of nitrogens with zero attached hydrogens (tertiary/aromatic N) is 1. The minimum atomic E-state index is -0.849. The van der Waals surface area contributed by atoms with Gasteiger partial charge >= 0.3 is 5.97 Å². The van der Waals surface area contributed by atoms with Gasteiger partial charge in [0, 0.05) is 19.0 Å². The molecule has 2 atom stereocenters. The number of carboxylic acid groups (broad SMARTS) is 1. The molecule has 1 fully saturated rings. The first-order chi connectivity index (χ1) is 9.47. The Hall–Kier alpha value is -1.91. The maximum atomic E-state index is 13.1. The van der Waals surface area contributed by atoms with Gasteiger partial charge in [0.25, 0.3) is 0 Å². The number of carboxylic acids is 1. The third kappa shape index (κ3) is 3.35. The molecule has 2 rings (SSSR count). The molecule has 0 bridgehead atoms. The first-order valence-electron chi connectivity index (χ1n) is 6.73. The molecule has 20 heavy (non-hydrogen) atoms. The molecule has 0 aliphatic carbocycles. The Labute approximate surface area is 117 Å². The zero-order valence-corrected chi connectivity index (χ0v) is 11.4. The van der Waals surface area contributed by atoms with Gasteiger partial charge in [0.1, 0.15) is 5.82 Å². The lowest BCUT2D eigenvalue weighted by molar-refractivity contribution is -0.141. The van der Waals surface area contributed by atoms with Crippen molar-refractivity contribution in [2.45, 2.75) is 19.8 Å². The number of likely N-dealkylation sites (tertiary alicyclic amines) is 1. The average molecular weight is 279 g/mol. The topological polar surface area (TPSA) is 57.6 Å². The first kappa shape index (κ1) is 14.5. The van der Waals surface area contributed by atoms with Crippen LogP contribution in [0.1, 0.15) is 18.9 Å². The summed E-state index contributed by atoms with van der Waals surface area (Å²) in [5.74, 6) is -1.95. The molecule has 0 unspecified atom stereocenters. The smallest absolute Gasteiger partial charge is 0.308 e. The van der Waals surface area contributed by atoms with Crippen molar-refractivity contribution in [2.75, 3.05) is 13.1 Å². The third-order valence-corrected chi connectivity index (χ3v) is 3.70. The van der Waals surface area contributed by atoms with Crippen molar-refractivity contribution in [1.29, 1.82) is 0 Å². The highest BCUT2D eigenvalue weighted by molar-refractivity contribution is 5.80. The summed E-state index contributed by atoms with van der Waals surface area (Å²) >= 11 is 0. The van der Waals surface area contributed by atoms with Crippen LogP contribution in [0.2, 0.25) is 0 Å². The predicted octanol–water partition coefficient (Wildman–Crippen LogP) is 1.94. The second kappa shape index (κ2) is 6.03. The summed E-state index contributed by atoms with van der Waals surface area (Å²) < 4.78 is 13.1. The van der Waals surface area contributed by atoms with Gasteiger partial charge in [-0.15, -0.1) is 0 Å². The number of carbonyl (C=O) groups excluding carboxylic acids is 1. The van der Waals surface area contributed by atoms with E-state index in [1.807, 2.05) is 0 Å². The number of hydrogen-bond acceptors (Lipinski definition) is 2. The fraction of sp³-hybridized carbons (Fsp3) is 0.467. The quantitative estimate of drug-likeness (QED) is 0.916. The molecule has 1 aromatic carbocycles. The minimum Gasteiger partial charge on any atom is -0.481 e. The molecule has 4 nitrogen and oxygen atoms in total. The fourth-order valence-electron chi connectivity index (χ4n) is 2.58. The molecule has 5 heteroatoms. The zero-order valence-electron chi connectivity index (χ0n) is 11.4. The van der Waals surface area contributed by atoms with Crippen molar-refractivity contribution in [3.05, 3.63) is 35.6 Å². The second-order valence-corrected chi connectivity index (χ2v) is 5.34. The number of rotatable bonds is 4. The van der Waals surface area contributed by atoms with Crippen LogP contribution >= 0.6 is 0 Å². The van der Waals surface area contributed by atoms with Crippen molar-refractivity contribution < 1.29 is 19.1 Å². The third-order valence-electron chi connectivity index (χ3n) is 3.70. The van der Waals surface area contributed by atoms with E-state index in [0.717, 1.165) is 5.56 Å². The molecule has 1 aliphatic heterocycles. The average Bonchev–Trinajstić information content (AvgIpc) is 2.87. The Balaban J connectivity index is 1.94. The van der Waals surface area contributed by atoms with Gasteiger partial charge in [0.05, 0.1) is 5.92 Å². The molecule has 1 aliphatic rings. The normalized spacial score (nSPS) is 19.9. The van der Waals surface area contributed by atoms with Gasteiger partial charge in [0.2, 0.25) is 5.91 Å². The highest BCUT2D eigenvalue weighted by Crippen LogP contribution is 2.20. The lowest BCUT2D eigenvalue weighted by Crippen LogP contribution is -2.34. The number of benzene rings is 1. The van der Waals surface area contributed by atoms with E-state index >= 15 is 0 Å². The van der Waals surface area contributed by atoms with E-state index in [0.29, 0.717) is 19.4 Å². The monoisotopic (exact) mass is 279 g/mol. The minimum absolute atomic E-state index is 0.0574. The number of carbonyl (C=O) groups is 2. The van der Waals surface area contributed by atoms with E-state index in [2.05, 4.69) is 0 Å². The summed E-state index contributed by atoms with van der Waals surface area (Å²) in [5, 5.41) is 8.94. The molecular formula is C15H18FNO3. The first-order valence-corrected chi connectivity index (χ1v) is 6.73. The Morgan fingerprint density at radius 3 is 2.85 bits per heavy atom. The van der Waals surface area contributed by atoms with Crippen LogP contribution in [0.3, 0.4) is 0 Å². The number of halogens is 1. The van der Waals surface area contributed by atoms with Crippen molar-refractivity contribution in [3.63, 3.8) is 0 Å². The largest absolute Gasteiger partial charge is 0.481 e. The van der Waals surface area contributed by atoms with Gasteiger partial charge in [-0.3, -0.25) is 9.59 Å². The molecule has 1 N–H and O–H groups in total. The molecule has 1 heterocycles. The Kier molecular flexibility index (Phi) is 4.37. The molecule has 0 radical (unpaired) electrons. The van der Waals surface area contributed by atoms with Crippen LogP contribution in [-0.2, 0) is 16.0 Å². The van der Waals surface area contributed by atoms with Crippen molar-refractivity contribution in [3.8, 4) is 0 Å². The van der Waals surface area contributed by atoms with Crippen LogP contribution in [-0.4, -0.2) is 35.0 Å². The molecule has 1 saturated heterocycles. The second-order valence-electron chi connectivity index (χ2n) is 5.34. The molecule has 1 amide bonds. The molecule has 0 aromatic heterocycles. The van der Waals surface area contributed by atoms with Crippen molar-refractivity contribution in [1.82, 2.24) is 4.90 Å². The summed E-state index contributed by atoms with van der Waals surface area (Å²) in [6, 6.07) is 6.21. The van der Waals surface area contributed by atoms with Gasteiger partial charge in [-0.2, -0.15) is 0 Å². The van der Waals surface area contributed by atoms with Crippen LogP contribution in [0.25, 0.3) is 0 Å². The van der Waals surface area contributed by atoms with Crippen LogP contribution in [0, 0.1) is 17.7 Å². The summed E-state index contributed by atoms with van der Waals surface area (Å²) in [4.78, 5) is 24.7. The van der Waals surface area contributed by atoms with Crippen molar-refractivity contribution >= 4 is 11.9 Å². The molecule has 108 valence electrons. The van der Waals surface area contributed by atoms with Crippen LogP contribution < -0.4 is 0 Å². The Morgan fingerprint density at radius 1 is 1.50 bits per heavy atom. The Morgan fingerprint density at radius 2 is 2.25 bits per heavy atom. The molecule has 1 aromatic rings. The van der Waals surface area contributed by atoms with Gasteiger partial charge in [-0.1, -0.05) is 19.1 Å². The number of aliphatic carboxylic acids is 1. The SMILES string of the molecule is C[C@@H](Cc1cccc(F)c1)C(=O)N1CC[C@@H](C(=O)O)C1. The van der Waals surface area contributed by atoms with E-state index in [9.17, 15) is 14.0 Å². The summed E-state index contributed by atoms with van der Waals surface area (Å²) in [6.45, 7) is 2.56. The van der Waals surface area contributed by atoms with Gasteiger partial charge in [0.15, 0.2) is 0 Å². The van der Waals surface area contributed by atoms with E-state index in [-0.39, 0.29) is 24.2 Å². The number of hydrogen-bond donors (Lipinski definition) is 1. The molecule has 0 spiro atoms. The van der Waals surface area contributed by atoms with Gasteiger partial charge in [-0.05, 0) is 30.5 Å². The molecule has 0 saturated carbocycles. The summed E-state index contributed by atoms with van der Waals surface area (Å²) in [7, 11) is 0. The lowest BCUT2D eigenvalue weighted by Gasteiger charge is -2.20. The summed E-state index contributed by atoms with van der Waals surface area (Å²) in [5.41, 5.74) is 0.778. The van der Waals surface area contributed by atoms with Crippen LogP contribution in [0.15, 0.2) is 24.3 Å². The molecular weight excluding hydrogens is 261 g/mol. The lowest BCUT2D eigenvalue weighted by atomic mass is 10.00. The Bertz CT molecular complexity index is 518. The highest BCUT2D eigenvalue weighted by Gasteiger charge is 2.32. The standard InChI is InChI=1S/C15H18FNO3/c1-10(7-11-3-2-4-13(16)8-11)14(18)17-6-5-12(9-17)15(19)20/h2-4,8,10,12H,5-7,9H2,1H3,(H,19,20)/t10-,12+/m0/s1. The summed E-state index contributed by atoms with van der Waals surface area (Å²) in [6.07, 6.45) is 0.971. The van der Waals surface area contributed by atoms with E-state index in [4.69, 9.17) is 5.11 Å². The van der Waals surface area contributed by atoms with Crippen LogP contribution in [0.5, 0.6) is 0 Å². The maximum Gasteiger partial charge on any atom is 0.308 e. The van der Waals surface area contributed by atoms with E-state index < -0.39 is 11.9 Å². The highest BCUT2D eigenvalue weighted by atomic mass is 19.1.